The summed E-state index contributed by atoms with van der Waals surface area (Å²) >= 11 is 0. The molecular formula is C12H18O4-2. The van der Waals surface area contributed by atoms with E-state index >= 15 is 0 Å². The van der Waals surface area contributed by atoms with Gasteiger partial charge < -0.3 is 19.8 Å². The second kappa shape index (κ2) is 7.04. The summed E-state index contributed by atoms with van der Waals surface area (Å²) in [5.74, 6) is -2.35. The first-order valence-electron chi connectivity index (χ1n) is 5.57. The molecule has 0 saturated heterocycles. The minimum atomic E-state index is -1.21. The highest BCUT2D eigenvalue weighted by Gasteiger charge is 2.26. The predicted octanol–water partition coefficient (Wildman–Crippen LogP) is 0.0191. The number of carbonyl (C=O) groups excluding carboxylic acids is 2. The molecule has 0 fully saturated rings. The van der Waals surface area contributed by atoms with Crippen LogP contribution in [0.1, 0.15) is 46.0 Å². The highest BCUT2D eigenvalue weighted by molar-refractivity contribution is 5.75. The van der Waals surface area contributed by atoms with E-state index < -0.39 is 17.4 Å². The molecule has 0 aliphatic rings. The van der Waals surface area contributed by atoms with Crippen molar-refractivity contribution >= 4 is 11.9 Å². The number of rotatable bonds is 8. The summed E-state index contributed by atoms with van der Waals surface area (Å²) in [7, 11) is 0. The van der Waals surface area contributed by atoms with Gasteiger partial charge in [-0.15, -0.1) is 0 Å². The van der Waals surface area contributed by atoms with Crippen molar-refractivity contribution in [3.05, 3.63) is 12.2 Å². The first-order valence-corrected chi connectivity index (χ1v) is 5.57. The van der Waals surface area contributed by atoms with Crippen LogP contribution < -0.4 is 10.2 Å². The molecule has 0 rings (SSSR count). The average Bonchev–Trinajstić information content (AvgIpc) is 2.17. The molecule has 0 heterocycles. The molecule has 0 aliphatic heterocycles. The maximum absolute atomic E-state index is 11.2. The third-order valence-corrected chi connectivity index (χ3v) is 2.52. The molecule has 0 amide bonds. The number of carbonyl (C=O) groups is 2. The number of hydrogen-bond donors (Lipinski definition) is 0. The van der Waals surface area contributed by atoms with Crippen LogP contribution in [0.25, 0.3) is 0 Å². The lowest BCUT2D eigenvalue weighted by molar-refractivity contribution is -0.317. The number of aliphatic carboxylic acids is 2. The van der Waals surface area contributed by atoms with Gasteiger partial charge in [0.15, 0.2) is 0 Å². The zero-order valence-electron chi connectivity index (χ0n) is 9.82. The van der Waals surface area contributed by atoms with Crippen LogP contribution in [0.2, 0.25) is 0 Å². The van der Waals surface area contributed by atoms with Crippen molar-refractivity contribution in [3.63, 3.8) is 0 Å². The molecule has 0 aromatic rings. The van der Waals surface area contributed by atoms with E-state index in [1.54, 1.807) is 0 Å². The Balaban J connectivity index is 4.79. The van der Waals surface area contributed by atoms with E-state index in [-0.39, 0.29) is 6.42 Å². The first kappa shape index (κ1) is 14.7. The topological polar surface area (TPSA) is 80.3 Å². The van der Waals surface area contributed by atoms with Crippen LogP contribution in [0.3, 0.4) is 0 Å². The predicted molar refractivity (Wildman–Crippen MR) is 56.0 cm³/mol. The monoisotopic (exact) mass is 226 g/mol. The van der Waals surface area contributed by atoms with Crippen LogP contribution in [0, 0.1) is 5.41 Å². The zero-order valence-corrected chi connectivity index (χ0v) is 9.82. The van der Waals surface area contributed by atoms with Gasteiger partial charge >= 0.3 is 0 Å². The average molecular weight is 226 g/mol. The maximum Gasteiger partial charge on any atom is 0.0514 e. The van der Waals surface area contributed by atoms with Crippen molar-refractivity contribution in [2.75, 3.05) is 0 Å². The van der Waals surface area contributed by atoms with Gasteiger partial charge in [-0.1, -0.05) is 38.8 Å². The van der Waals surface area contributed by atoms with Crippen LogP contribution >= 0.6 is 0 Å². The Morgan fingerprint density at radius 2 is 1.62 bits per heavy atom. The summed E-state index contributed by atoms with van der Waals surface area (Å²) in [5.41, 5.74) is -1.03. The standard InChI is InChI=1S/C12H20O4/c1-3-7-12(8-4-2,11(15)16)9-5-6-10(13)14/h5,9H,3-4,6-8H2,1-2H3,(H,13,14)(H,15,16)/p-2/b9-5+. The van der Waals surface area contributed by atoms with Gasteiger partial charge in [-0.2, -0.15) is 0 Å². The molecule has 0 unspecified atom stereocenters. The smallest absolute Gasteiger partial charge is 0.0514 e. The molecule has 92 valence electrons. The maximum atomic E-state index is 11.2. The normalized spacial score (nSPS) is 11.9. The van der Waals surface area contributed by atoms with Crippen molar-refractivity contribution < 1.29 is 19.8 Å². The van der Waals surface area contributed by atoms with E-state index in [0.29, 0.717) is 25.7 Å². The molecular weight excluding hydrogens is 208 g/mol. The van der Waals surface area contributed by atoms with Crippen LogP contribution in [0.5, 0.6) is 0 Å². The van der Waals surface area contributed by atoms with E-state index in [2.05, 4.69) is 0 Å². The SMILES string of the molecule is CCCC(/C=C/CC(=O)[O-])(CCC)C(=O)[O-]. The molecule has 4 nitrogen and oxygen atoms in total. The van der Waals surface area contributed by atoms with Gasteiger partial charge in [0.1, 0.15) is 0 Å². The summed E-state index contributed by atoms with van der Waals surface area (Å²) in [6.07, 6.45) is 4.89. The van der Waals surface area contributed by atoms with Crippen molar-refractivity contribution in [2.24, 2.45) is 5.41 Å². The molecule has 0 aliphatic carbocycles. The van der Waals surface area contributed by atoms with Crippen molar-refractivity contribution in [1.29, 1.82) is 0 Å². The largest absolute Gasteiger partial charge is 0.550 e. The molecule has 0 radical (unpaired) electrons. The van der Waals surface area contributed by atoms with Gasteiger partial charge in [0.05, 0.1) is 5.97 Å². The summed E-state index contributed by atoms with van der Waals surface area (Å²) in [6, 6.07) is 0. The summed E-state index contributed by atoms with van der Waals surface area (Å²) < 4.78 is 0. The van der Waals surface area contributed by atoms with Gasteiger partial charge in [0, 0.05) is 17.8 Å². The van der Waals surface area contributed by atoms with E-state index in [1.165, 1.54) is 12.2 Å². The summed E-state index contributed by atoms with van der Waals surface area (Å²) in [6.45, 7) is 3.78. The third kappa shape index (κ3) is 4.47. The fourth-order valence-electron chi connectivity index (χ4n) is 1.84. The number of carboxylic acids is 2. The van der Waals surface area contributed by atoms with Gasteiger partial charge in [0.2, 0.25) is 0 Å². The molecule has 0 aromatic carbocycles. The molecule has 4 heteroatoms. The minimum Gasteiger partial charge on any atom is -0.550 e. The Morgan fingerprint density at radius 3 is 1.94 bits per heavy atom. The van der Waals surface area contributed by atoms with E-state index in [9.17, 15) is 19.8 Å². The molecule has 0 spiro atoms. The van der Waals surface area contributed by atoms with Crippen LogP contribution in [-0.4, -0.2) is 11.9 Å². The van der Waals surface area contributed by atoms with Gasteiger partial charge in [0.25, 0.3) is 0 Å². The number of carboxylic acid groups (broad SMARTS) is 2. The fraction of sp³-hybridized carbons (Fsp3) is 0.667. The Kier molecular flexibility index (Phi) is 6.46. The third-order valence-electron chi connectivity index (χ3n) is 2.52. The highest BCUT2D eigenvalue weighted by Crippen LogP contribution is 2.31. The van der Waals surface area contributed by atoms with Crippen LogP contribution in [0.4, 0.5) is 0 Å². The summed E-state index contributed by atoms with van der Waals surface area (Å²) in [4.78, 5) is 21.4. The Labute approximate surface area is 96.0 Å². The molecule has 0 atom stereocenters. The fourth-order valence-corrected chi connectivity index (χ4v) is 1.84. The number of hydrogen-bond acceptors (Lipinski definition) is 4. The lowest BCUT2D eigenvalue weighted by Gasteiger charge is -2.31. The molecule has 0 N–H and O–H groups in total. The van der Waals surface area contributed by atoms with E-state index in [4.69, 9.17) is 0 Å². The lowest BCUT2D eigenvalue weighted by atomic mass is 9.79. The van der Waals surface area contributed by atoms with Crippen molar-refractivity contribution in [3.8, 4) is 0 Å². The minimum absolute atomic E-state index is 0.261. The van der Waals surface area contributed by atoms with Gasteiger partial charge in [-0.05, 0) is 12.8 Å². The van der Waals surface area contributed by atoms with Crippen LogP contribution in [0.15, 0.2) is 12.2 Å². The van der Waals surface area contributed by atoms with Crippen molar-refractivity contribution in [1.82, 2.24) is 0 Å². The molecule has 0 bridgehead atoms. The second-order valence-electron chi connectivity index (χ2n) is 3.92. The van der Waals surface area contributed by atoms with Crippen LogP contribution in [-0.2, 0) is 9.59 Å². The zero-order chi connectivity index (χ0) is 12.6. The Morgan fingerprint density at radius 1 is 1.12 bits per heavy atom. The molecule has 16 heavy (non-hydrogen) atoms. The van der Waals surface area contributed by atoms with Gasteiger partial charge in [-0.3, -0.25) is 0 Å². The molecule has 0 saturated carbocycles. The quantitative estimate of drug-likeness (QED) is 0.546. The summed E-state index contributed by atoms with van der Waals surface area (Å²) in [5, 5.41) is 21.4. The second-order valence-corrected chi connectivity index (χ2v) is 3.92. The van der Waals surface area contributed by atoms with E-state index in [0.717, 1.165) is 0 Å². The Bertz CT molecular complexity index is 262. The highest BCUT2D eigenvalue weighted by atomic mass is 16.4. The first-order chi connectivity index (χ1) is 7.48. The van der Waals surface area contributed by atoms with E-state index in [1.807, 2.05) is 13.8 Å². The van der Waals surface area contributed by atoms with Crippen molar-refractivity contribution in [2.45, 2.75) is 46.0 Å². The van der Waals surface area contributed by atoms with Gasteiger partial charge in [-0.25, -0.2) is 0 Å². The molecule has 0 aromatic heterocycles. The Hall–Kier alpha value is -1.32. The lowest BCUT2D eigenvalue weighted by Crippen LogP contribution is -2.41.